The number of benzene rings is 2. The number of amides is 1. The van der Waals surface area contributed by atoms with Crippen LogP contribution in [0.3, 0.4) is 0 Å². The highest BCUT2D eigenvalue weighted by Crippen LogP contribution is 2.26. The summed E-state index contributed by atoms with van der Waals surface area (Å²) in [7, 11) is 0. The van der Waals surface area contributed by atoms with Crippen molar-refractivity contribution in [2.45, 2.75) is 43.4 Å². The molecule has 1 N–H and O–H groups in total. The lowest BCUT2D eigenvalue weighted by molar-refractivity contribution is 0.102. The minimum atomic E-state index is -0.109. The van der Waals surface area contributed by atoms with Gasteiger partial charge in [-0.25, -0.2) is 9.97 Å². The minimum Gasteiger partial charge on any atom is -0.328 e. The maximum absolute atomic E-state index is 12.7. The molecule has 5 rings (SSSR count). The number of thioether (sulfide) groups is 1. The summed E-state index contributed by atoms with van der Waals surface area (Å²) in [5.74, 6) is 1.74. The predicted molar refractivity (Wildman–Crippen MR) is 131 cm³/mol. The molecule has 0 spiro atoms. The van der Waals surface area contributed by atoms with Gasteiger partial charge in [0.1, 0.15) is 5.82 Å². The first-order chi connectivity index (χ1) is 15.7. The first-order valence-electron chi connectivity index (χ1n) is 10.8. The molecular formula is C25H24N4OS2. The molecule has 1 amide bonds. The molecule has 2 aromatic heterocycles. The Morgan fingerprint density at radius 1 is 1.12 bits per heavy atom. The van der Waals surface area contributed by atoms with Gasteiger partial charge in [0.2, 0.25) is 0 Å². The number of anilines is 1. The zero-order valence-electron chi connectivity index (χ0n) is 17.9. The van der Waals surface area contributed by atoms with Crippen molar-refractivity contribution in [2.75, 3.05) is 5.32 Å². The quantitative estimate of drug-likeness (QED) is 0.348. The van der Waals surface area contributed by atoms with Gasteiger partial charge in [-0.3, -0.25) is 4.79 Å². The molecule has 3 heterocycles. The second-order valence-electron chi connectivity index (χ2n) is 7.88. The molecule has 4 aromatic rings. The summed E-state index contributed by atoms with van der Waals surface area (Å²) >= 11 is 3.40. The number of thiazole rings is 1. The first kappa shape index (κ1) is 21.0. The van der Waals surface area contributed by atoms with E-state index in [1.807, 2.05) is 61.7 Å². The topological polar surface area (TPSA) is 59.8 Å². The summed E-state index contributed by atoms with van der Waals surface area (Å²) in [5, 5.41) is 6.17. The number of fused-ring (bicyclic) bond motifs is 1. The van der Waals surface area contributed by atoms with Crippen LogP contribution < -0.4 is 5.32 Å². The number of carbonyl (C=O) groups excluding carboxylic acids is 1. The Bertz CT molecular complexity index is 1230. The minimum absolute atomic E-state index is 0.109. The van der Waals surface area contributed by atoms with Crippen molar-refractivity contribution in [3.05, 3.63) is 82.1 Å². The van der Waals surface area contributed by atoms with Gasteiger partial charge < -0.3 is 9.88 Å². The monoisotopic (exact) mass is 460 g/mol. The third-order valence-electron chi connectivity index (χ3n) is 5.57. The van der Waals surface area contributed by atoms with Gasteiger partial charge in [0.25, 0.3) is 5.91 Å². The molecule has 0 bridgehead atoms. The maximum Gasteiger partial charge on any atom is 0.255 e. The number of hydrogen-bond donors (Lipinski definition) is 1. The summed E-state index contributed by atoms with van der Waals surface area (Å²) in [6.07, 6.45) is 5.53. The average molecular weight is 461 g/mol. The molecular weight excluding hydrogens is 436 g/mol. The van der Waals surface area contributed by atoms with Crippen molar-refractivity contribution in [3.63, 3.8) is 0 Å². The predicted octanol–water partition coefficient (Wildman–Crippen LogP) is 6.20. The van der Waals surface area contributed by atoms with Crippen molar-refractivity contribution in [2.24, 2.45) is 0 Å². The molecule has 7 heteroatoms. The number of nitrogens with one attached hydrogen (secondary N) is 1. The van der Waals surface area contributed by atoms with Crippen molar-refractivity contribution in [3.8, 4) is 11.4 Å². The van der Waals surface area contributed by atoms with E-state index in [1.54, 1.807) is 23.1 Å². The molecule has 0 aliphatic carbocycles. The van der Waals surface area contributed by atoms with Gasteiger partial charge in [-0.15, -0.1) is 23.1 Å². The summed E-state index contributed by atoms with van der Waals surface area (Å²) in [4.78, 5) is 22.9. The third kappa shape index (κ3) is 4.64. The van der Waals surface area contributed by atoms with E-state index in [1.165, 1.54) is 18.5 Å². The number of hydrogen-bond acceptors (Lipinski definition) is 5. The molecule has 0 atom stereocenters. The largest absolute Gasteiger partial charge is 0.328 e. The smallest absolute Gasteiger partial charge is 0.255 e. The second kappa shape index (κ2) is 9.30. The zero-order valence-corrected chi connectivity index (χ0v) is 19.5. The van der Waals surface area contributed by atoms with Gasteiger partial charge in [-0.2, -0.15) is 0 Å². The van der Waals surface area contributed by atoms with E-state index in [0.717, 1.165) is 51.4 Å². The summed E-state index contributed by atoms with van der Waals surface area (Å²) < 4.78 is 2.31. The Morgan fingerprint density at radius 3 is 2.69 bits per heavy atom. The Hall–Kier alpha value is -2.90. The number of rotatable bonds is 6. The van der Waals surface area contributed by atoms with E-state index in [4.69, 9.17) is 0 Å². The Balaban J connectivity index is 1.20. The Kier molecular flexibility index (Phi) is 6.10. The Labute approximate surface area is 195 Å². The molecule has 0 saturated carbocycles. The second-order valence-corrected chi connectivity index (χ2v) is 10.00. The van der Waals surface area contributed by atoms with Crippen molar-refractivity contribution < 1.29 is 4.79 Å². The highest BCUT2D eigenvalue weighted by Gasteiger charge is 2.15. The summed E-state index contributed by atoms with van der Waals surface area (Å²) in [6, 6.07) is 15.7. The van der Waals surface area contributed by atoms with Gasteiger partial charge in [0.05, 0.1) is 10.7 Å². The lowest BCUT2D eigenvalue weighted by Crippen LogP contribution is -2.12. The van der Waals surface area contributed by atoms with Crippen LogP contribution in [0.4, 0.5) is 5.69 Å². The van der Waals surface area contributed by atoms with E-state index in [0.29, 0.717) is 5.56 Å². The van der Waals surface area contributed by atoms with Crippen molar-refractivity contribution in [1.82, 2.24) is 14.5 Å². The number of carbonyl (C=O) groups is 1. The molecule has 0 saturated heterocycles. The summed E-state index contributed by atoms with van der Waals surface area (Å²) in [6.45, 7) is 3.05. The fourth-order valence-electron chi connectivity index (χ4n) is 3.91. The number of imidazole rings is 1. The summed E-state index contributed by atoms with van der Waals surface area (Å²) in [5.41, 5.74) is 4.91. The SMILES string of the molecule is Cc1nc(CSc2ccc(C(=O)Nc3ccc(-c4ncc5n4CCCC5)cc3)cc2)cs1. The molecule has 2 aromatic carbocycles. The fraction of sp³-hybridized carbons (Fsp3) is 0.240. The lowest BCUT2D eigenvalue weighted by atomic mass is 10.1. The molecule has 162 valence electrons. The van der Waals surface area contributed by atoms with Crippen LogP contribution in [0.5, 0.6) is 0 Å². The molecule has 0 radical (unpaired) electrons. The van der Waals surface area contributed by atoms with Crippen LogP contribution in [0.1, 0.15) is 39.6 Å². The van der Waals surface area contributed by atoms with E-state index in [2.05, 4.69) is 25.2 Å². The van der Waals surface area contributed by atoms with E-state index in [-0.39, 0.29) is 5.91 Å². The molecule has 5 nitrogen and oxygen atoms in total. The van der Waals surface area contributed by atoms with Crippen LogP contribution in [0.15, 0.2) is 65.0 Å². The van der Waals surface area contributed by atoms with Gasteiger partial charge in [-0.1, -0.05) is 0 Å². The van der Waals surface area contributed by atoms with Gasteiger partial charge in [0, 0.05) is 51.3 Å². The number of aryl methyl sites for hydroxylation is 2. The van der Waals surface area contributed by atoms with Gasteiger partial charge in [0.15, 0.2) is 0 Å². The Morgan fingerprint density at radius 2 is 1.94 bits per heavy atom. The van der Waals surface area contributed by atoms with Crippen LogP contribution in [0.25, 0.3) is 11.4 Å². The van der Waals surface area contributed by atoms with Crippen molar-refractivity contribution >= 4 is 34.7 Å². The van der Waals surface area contributed by atoms with Crippen LogP contribution in [0, 0.1) is 6.92 Å². The van der Waals surface area contributed by atoms with Crippen LogP contribution in [-0.4, -0.2) is 20.4 Å². The highest BCUT2D eigenvalue weighted by atomic mass is 32.2. The first-order valence-corrected chi connectivity index (χ1v) is 12.6. The normalized spacial score (nSPS) is 13.0. The molecule has 1 aliphatic rings. The molecule has 0 fully saturated rings. The van der Waals surface area contributed by atoms with Gasteiger partial charge in [-0.05, 0) is 74.7 Å². The van der Waals surface area contributed by atoms with E-state index >= 15 is 0 Å². The zero-order chi connectivity index (χ0) is 21.9. The molecule has 0 unspecified atom stereocenters. The average Bonchev–Trinajstić information content (AvgIpc) is 3.44. The van der Waals surface area contributed by atoms with Crippen LogP contribution in [0.2, 0.25) is 0 Å². The van der Waals surface area contributed by atoms with Crippen LogP contribution in [-0.2, 0) is 18.7 Å². The fourth-order valence-corrected chi connectivity index (χ4v) is 5.42. The number of aromatic nitrogens is 3. The molecule has 32 heavy (non-hydrogen) atoms. The highest BCUT2D eigenvalue weighted by molar-refractivity contribution is 7.98. The van der Waals surface area contributed by atoms with Gasteiger partial charge >= 0.3 is 0 Å². The van der Waals surface area contributed by atoms with Crippen LogP contribution >= 0.6 is 23.1 Å². The van der Waals surface area contributed by atoms with Crippen molar-refractivity contribution in [1.29, 1.82) is 0 Å². The number of nitrogens with zero attached hydrogens (tertiary/aromatic N) is 3. The maximum atomic E-state index is 12.7. The lowest BCUT2D eigenvalue weighted by Gasteiger charge is -2.16. The van der Waals surface area contributed by atoms with E-state index in [9.17, 15) is 4.79 Å². The third-order valence-corrected chi connectivity index (χ3v) is 7.44. The van der Waals surface area contributed by atoms with E-state index < -0.39 is 0 Å². The standard InChI is InChI=1S/C25H24N4OS2/c1-17-27-21(15-31-17)16-32-23-11-7-19(8-12-23)25(30)28-20-9-5-18(6-10-20)24-26-14-22-4-2-3-13-29(22)24/h5-12,14-15H,2-4,13,16H2,1H3,(H,28,30). The molecule has 1 aliphatic heterocycles.